The topological polar surface area (TPSA) is 47.6 Å². The summed E-state index contributed by atoms with van der Waals surface area (Å²) < 4.78 is 0.932. The van der Waals surface area contributed by atoms with Gasteiger partial charge in [-0.25, -0.2) is 0 Å². The predicted molar refractivity (Wildman–Crippen MR) is 94.3 cm³/mol. The lowest BCUT2D eigenvalue weighted by atomic mass is 9.97. The molecule has 0 aromatic heterocycles. The minimum absolute atomic E-state index is 0.151. The highest BCUT2D eigenvalue weighted by molar-refractivity contribution is 9.10. The highest BCUT2D eigenvalue weighted by Crippen LogP contribution is 2.47. The summed E-state index contributed by atoms with van der Waals surface area (Å²) in [6, 6.07) is 22.4. The Morgan fingerprint density at radius 3 is 2.00 bits per heavy atom. The van der Waals surface area contributed by atoms with Crippen LogP contribution in [0.3, 0.4) is 0 Å². The van der Waals surface area contributed by atoms with E-state index in [1.807, 2.05) is 48.5 Å². The van der Waals surface area contributed by atoms with E-state index in [0.717, 1.165) is 43.1 Å². The van der Waals surface area contributed by atoms with Gasteiger partial charge in [0.2, 0.25) is 0 Å². The van der Waals surface area contributed by atoms with E-state index in [1.54, 1.807) is 0 Å². The molecule has 0 saturated carbocycles. The van der Waals surface area contributed by atoms with Crippen LogP contribution in [0, 0.1) is 22.7 Å². The van der Waals surface area contributed by atoms with Gasteiger partial charge in [-0.3, -0.25) is 0 Å². The maximum Gasteiger partial charge on any atom is 0.138 e. The van der Waals surface area contributed by atoms with Crippen molar-refractivity contribution in [2.75, 3.05) is 0 Å². The number of fused-ring (bicyclic) bond motifs is 4. The van der Waals surface area contributed by atoms with Crippen molar-refractivity contribution < 1.29 is 0 Å². The average Bonchev–Trinajstić information content (AvgIpc) is 2.87. The number of hydrogen-bond donors (Lipinski definition) is 0. The molecule has 0 N–H and O–H groups in total. The Hall–Kier alpha value is -2.88. The van der Waals surface area contributed by atoms with Crippen LogP contribution in [0.15, 0.2) is 64.6 Å². The Kier molecular flexibility index (Phi) is 3.05. The summed E-state index contributed by atoms with van der Waals surface area (Å²) >= 11 is 3.49. The van der Waals surface area contributed by atoms with E-state index >= 15 is 0 Å². The van der Waals surface area contributed by atoms with Crippen LogP contribution in [-0.2, 0) is 0 Å². The van der Waals surface area contributed by atoms with Gasteiger partial charge in [-0.15, -0.1) is 0 Å². The standard InChI is InChI=1S/C20H9BrN2/c21-15-5-6-16-17-7-12-3-1-2-4-13(12)8-18(17)20(19(16)9-15)14(10-22)11-23/h1-9H. The van der Waals surface area contributed by atoms with Crippen molar-refractivity contribution in [2.45, 2.75) is 0 Å². The molecule has 0 fully saturated rings. The van der Waals surface area contributed by atoms with Crippen LogP contribution in [0.2, 0.25) is 0 Å². The summed E-state index contributed by atoms with van der Waals surface area (Å²) in [4.78, 5) is 0. The number of rotatable bonds is 0. The number of nitriles is 2. The van der Waals surface area contributed by atoms with Gasteiger partial charge in [-0.2, -0.15) is 10.5 Å². The van der Waals surface area contributed by atoms with Crippen molar-refractivity contribution in [1.82, 2.24) is 0 Å². The highest BCUT2D eigenvalue weighted by Gasteiger charge is 2.27. The first kappa shape index (κ1) is 13.8. The minimum atomic E-state index is 0.151. The first-order valence-electron chi connectivity index (χ1n) is 7.11. The van der Waals surface area contributed by atoms with Crippen molar-refractivity contribution in [3.8, 4) is 23.3 Å². The van der Waals surface area contributed by atoms with Crippen LogP contribution in [0.4, 0.5) is 0 Å². The first-order valence-corrected chi connectivity index (χ1v) is 7.90. The molecule has 0 unspecified atom stereocenters. The van der Waals surface area contributed by atoms with Gasteiger partial charge < -0.3 is 0 Å². The maximum atomic E-state index is 9.38. The molecule has 0 bridgehead atoms. The zero-order valence-corrected chi connectivity index (χ0v) is 13.6. The summed E-state index contributed by atoms with van der Waals surface area (Å²) in [5.41, 5.74) is 4.90. The molecule has 0 radical (unpaired) electrons. The van der Waals surface area contributed by atoms with E-state index in [1.165, 1.54) is 0 Å². The lowest BCUT2D eigenvalue weighted by Gasteiger charge is -2.05. The average molecular weight is 357 g/mol. The zero-order valence-electron chi connectivity index (χ0n) is 12.0. The van der Waals surface area contributed by atoms with Crippen LogP contribution < -0.4 is 0 Å². The van der Waals surface area contributed by atoms with Crippen LogP contribution in [0.5, 0.6) is 0 Å². The van der Waals surface area contributed by atoms with E-state index in [9.17, 15) is 10.5 Å². The molecule has 2 nitrogen and oxygen atoms in total. The van der Waals surface area contributed by atoms with E-state index < -0.39 is 0 Å². The molecule has 3 aromatic rings. The molecule has 0 atom stereocenters. The van der Waals surface area contributed by atoms with Crippen molar-refractivity contribution >= 4 is 32.3 Å². The zero-order chi connectivity index (χ0) is 16.0. The van der Waals surface area contributed by atoms with Gasteiger partial charge in [0, 0.05) is 10.0 Å². The molecule has 0 aliphatic heterocycles. The molecule has 106 valence electrons. The Morgan fingerprint density at radius 2 is 1.35 bits per heavy atom. The third kappa shape index (κ3) is 1.99. The third-order valence-electron chi connectivity index (χ3n) is 4.17. The Labute approximate surface area is 142 Å². The van der Waals surface area contributed by atoms with Crippen LogP contribution in [0.1, 0.15) is 11.1 Å². The SMILES string of the molecule is N#CC(C#N)=C1c2cc(Br)ccc2-c2cc3ccccc3cc21. The van der Waals surface area contributed by atoms with Crippen LogP contribution in [-0.4, -0.2) is 0 Å². The van der Waals surface area contributed by atoms with E-state index in [0.29, 0.717) is 0 Å². The van der Waals surface area contributed by atoms with Crippen LogP contribution in [0.25, 0.3) is 27.5 Å². The van der Waals surface area contributed by atoms with E-state index in [4.69, 9.17) is 0 Å². The molecule has 3 aromatic carbocycles. The highest BCUT2D eigenvalue weighted by atomic mass is 79.9. The molecule has 3 heteroatoms. The molecule has 0 spiro atoms. The van der Waals surface area contributed by atoms with E-state index in [-0.39, 0.29) is 5.57 Å². The van der Waals surface area contributed by atoms with Crippen molar-refractivity contribution in [1.29, 1.82) is 10.5 Å². The number of benzene rings is 3. The van der Waals surface area contributed by atoms with Crippen molar-refractivity contribution in [2.24, 2.45) is 0 Å². The Balaban J connectivity index is 2.18. The van der Waals surface area contributed by atoms with Crippen LogP contribution >= 0.6 is 15.9 Å². The fraction of sp³-hybridized carbons (Fsp3) is 0. The molecular weight excluding hydrogens is 348 g/mol. The van der Waals surface area contributed by atoms with Gasteiger partial charge in [0.1, 0.15) is 17.7 Å². The lowest BCUT2D eigenvalue weighted by molar-refractivity contribution is 1.46. The molecule has 0 saturated heterocycles. The van der Waals surface area contributed by atoms with Gasteiger partial charge in [-0.1, -0.05) is 46.3 Å². The number of halogens is 1. The number of allylic oxidation sites excluding steroid dienone is 1. The summed E-state index contributed by atoms with van der Waals surface area (Å²) in [6.45, 7) is 0. The summed E-state index contributed by atoms with van der Waals surface area (Å²) in [5.74, 6) is 0. The molecule has 0 heterocycles. The second-order valence-electron chi connectivity index (χ2n) is 5.41. The number of hydrogen-bond acceptors (Lipinski definition) is 2. The number of nitrogens with zero attached hydrogens (tertiary/aromatic N) is 2. The normalized spacial score (nSPS) is 11.5. The second-order valence-corrected chi connectivity index (χ2v) is 6.32. The molecule has 1 aliphatic rings. The quantitative estimate of drug-likeness (QED) is 0.394. The molecule has 0 amide bonds. The molecule has 4 rings (SSSR count). The Morgan fingerprint density at radius 1 is 0.739 bits per heavy atom. The van der Waals surface area contributed by atoms with Gasteiger partial charge in [0.05, 0.1) is 0 Å². The Bertz CT molecular complexity index is 1080. The summed E-state index contributed by atoms with van der Waals surface area (Å²) in [7, 11) is 0. The monoisotopic (exact) mass is 356 g/mol. The molecular formula is C20H9BrN2. The molecule has 1 aliphatic carbocycles. The fourth-order valence-corrected chi connectivity index (χ4v) is 3.54. The minimum Gasteiger partial charge on any atom is -0.192 e. The van der Waals surface area contributed by atoms with Gasteiger partial charge >= 0.3 is 0 Å². The molecule has 23 heavy (non-hydrogen) atoms. The predicted octanol–water partition coefficient (Wildman–Crippen LogP) is 5.43. The lowest BCUT2D eigenvalue weighted by Crippen LogP contribution is -1.87. The summed E-state index contributed by atoms with van der Waals surface area (Å²) in [5, 5.41) is 21.0. The first-order chi connectivity index (χ1) is 11.2. The van der Waals surface area contributed by atoms with E-state index in [2.05, 4.69) is 34.1 Å². The van der Waals surface area contributed by atoms with Gasteiger partial charge in [0.15, 0.2) is 0 Å². The van der Waals surface area contributed by atoms with Crippen molar-refractivity contribution in [3.63, 3.8) is 0 Å². The summed E-state index contributed by atoms with van der Waals surface area (Å²) in [6.07, 6.45) is 0. The second kappa shape index (κ2) is 5.09. The smallest absolute Gasteiger partial charge is 0.138 e. The van der Waals surface area contributed by atoms with Crippen molar-refractivity contribution in [3.05, 3.63) is 75.8 Å². The maximum absolute atomic E-state index is 9.38. The largest absolute Gasteiger partial charge is 0.192 e. The fourth-order valence-electron chi connectivity index (χ4n) is 3.18. The van der Waals surface area contributed by atoms with Gasteiger partial charge in [-0.05, 0) is 57.3 Å². The van der Waals surface area contributed by atoms with Gasteiger partial charge in [0.25, 0.3) is 0 Å². The third-order valence-corrected chi connectivity index (χ3v) is 4.66.